The minimum absolute atomic E-state index is 0.131. The minimum atomic E-state index is -0.525. The molecule has 3 aliphatic rings. The van der Waals surface area contributed by atoms with Gasteiger partial charge in [0.15, 0.2) is 5.69 Å². The van der Waals surface area contributed by atoms with Crippen LogP contribution in [0.1, 0.15) is 65.6 Å². The number of piperidine rings is 1. The second-order valence-electron chi connectivity index (χ2n) is 9.87. The molecule has 1 saturated heterocycles. The predicted octanol–water partition coefficient (Wildman–Crippen LogP) is 4.91. The summed E-state index contributed by atoms with van der Waals surface area (Å²) in [6.45, 7) is 3.13. The van der Waals surface area contributed by atoms with Gasteiger partial charge in [-0.2, -0.15) is 5.10 Å². The number of benzene rings is 2. The lowest BCUT2D eigenvalue weighted by atomic mass is 9.88. The Morgan fingerprint density at radius 3 is 2.41 bits per heavy atom. The molecule has 2 aliphatic heterocycles. The maximum Gasteiger partial charge on any atom is 0.359 e. The molecule has 2 aromatic carbocycles. The Balaban J connectivity index is 1.43. The Bertz CT molecular complexity index is 1410. The van der Waals surface area contributed by atoms with E-state index in [-0.39, 0.29) is 29.5 Å². The molecule has 2 fully saturated rings. The number of nitrogens with zero attached hydrogens (tertiary/aromatic N) is 4. The number of halogens is 1. The molecule has 0 unspecified atom stereocenters. The van der Waals surface area contributed by atoms with Crippen LogP contribution in [0.15, 0.2) is 48.5 Å². The quantitative estimate of drug-likeness (QED) is 0.448. The molecular formula is C28H27ClN4O4. The van der Waals surface area contributed by atoms with Crippen molar-refractivity contribution in [1.82, 2.24) is 9.78 Å². The number of fused-ring (bicyclic) bond motifs is 2. The first kappa shape index (κ1) is 23.7. The molecule has 0 bridgehead atoms. The number of amides is 2. The van der Waals surface area contributed by atoms with Crippen LogP contribution < -0.4 is 9.80 Å². The fourth-order valence-electron chi connectivity index (χ4n) is 5.50. The summed E-state index contributed by atoms with van der Waals surface area (Å²) >= 11 is 6.26. The SMILES string of the molecule is CCOC(=O)c1nn(-c2cccc(Cl)c2)c2c1C1(CC1)CN(c1ccc(N3CCCCC3=O)cc1)C2=O. The van der Waals surface area contributed by atoms with Crippen molar-refractivity contribution in [2.24, 2.45) is 0 Å². The van der Waals surface area contributed by atoms with Gasteiger partial charge in [-0.15, -0.1) is 0 Å². The number of anilines is 2. The van der Waals surface area contributed by atoms with Gasteiger partial charge in [-0.3, -0.25) is 9.59 Å². The molecule has 0 radical (unpaired) electrons. The summed E-state index contributed by atoms with van der Waals surface area (Å²) in [7, 11) is 0. The molecule has 0 atom stereocenters. The van der Waals surface area contributed by atoms with Gasteiger partial charge in [-0.25, -0.2) is 9.48 Å². The first-order valence-corrected chi connectivity index (χ1v) is 13.1. The highest BCUT2D eigenvalue weighted by molar-refractivity contribution is 6.30. The lowest BCUT2D eigenvalue weighted by Crippen LogP contribution is -2.44. The highest BCUT2D eigenvalue weighted by Gasteiger charge is 2.56. The first-order valence-electron chi connectivity index (χ1n) is 12.7. The molecule has 1 aromatic heterocycles. The van der Waals surface area contributed by atoms with Crippen molar-refractivity contribution in [1.29, 1.82) is 0 Å². The largest absolute Gasteiger partial charge is 0.461 e. The Morgan fingerprint density at radius 1 is 1.03 bits per heavy atom. The van der Waals surface area contributed by atoms with Crippen LogP contribution in [0.4, 0.5) is 11.4 Å². The maximum absolute atomic E-state index is 14.1. The van der Waals surface area contributed by atoms with Gasteiger partial charge in [0.25, 0.3) is 5.91 Å². The van der Waals surface area contributed by atoms with Crippen molar-refractivity contribution < 1.29 is 19.1 Å². The van der Waals surface area contributed by atoms with Gasteiger partial charge in [0.2, 0.25) is 5.91 Å². The topological polar surface area (TPSA) is 84.7 Å². The van der Waals surface area contributed by atoms with Gasteiger partial charge in [-0.1, -0.05) is 17.7 Å². The zero-order valence-electron chi connectivity index (χ0n) is 20.6. The van der Waals surface area contributed by atoms with Crippen molar-refractivity contribution in [3.8, 4) is 5.69 Å². The van der Waals surface area contributed by atoms with Crippen LogP contribution in [0.25, 0.3) is 5.69 Å². The molecule has 1 spiro atoms. The fourth-order valence-corrected chi connectivity index (χ4v) is 5.68. The number of rotatable bonds is 5. The smallest absolute Gasteiger partial charge is 0.359 e. The number of ether oxygens (including phenoxy) is 1. The predicted molar refractivity (Wildman–Crippen MR) is 140 cm³/mol. The van der Waals surface area contributed by atoms with Crippen LogP contribution in [0.3, 0.4) is 0 Å². The minimum Gasteiger partial charge on any atom is -0.461 e. The van der Waals surface area contributed by atoms with Gasteiger partial charge in [0, 0.05) is 46.9 Å². The highest BCUT2D eigenvalue weighted by atomic mass is 35.5. The van der Waals surface area contributed by atoms with Crippen LogP contribution in [-0.4, -0.2) is 47.3 Å². The third-order valence-corrected chi connectivity index (χ3v) is 7.73. The summed E-state index contributed by atoms with van der Waals surface area (Å²) in [5.41, 5.74) is 3.06. The number of carbonyl (C=O) groups is 3. The van der Waals surface area contributed by atoms with Crippen molar-refractivity contribution in [3.63, 3.8) is 0 Å². The lowest BCUT2D eigenvalue weighted by molar-refractivity contribution is -0.119. The zero-order chi connectivity index (χ0) is 25.7. The molecule has 6 rings (SSSR count). The molecule has 1 aliphatic carbocycles. The molecule has 190 valence electrons. The van der Waals surface area contributed by atoms with Crippen molar-refractivity contribution >= 4 is 40.8 Å². The van der Waals surface area contributed by atoms with Crippen LogP contribution >= 0.6 is 11.6 Å². The zero-order valence-corrected chi connectivity index (χ0v) is 21.3. The second-order valence-corrected chi connectivity index (χ2v) is 10.3. The standard InChI is InChI=1S/C28H27ClN4O4/c1-2-37-27(36)24-23-25(33(30-24)21-7-5-6-18(29)16-21)26(35)32(17-28(23)13-14-28)20-11-9-19(10-12-20)31-15-4-3-8-22(31)34/h5-7,9-12,16H,2-4,8,13-15,17H2,1H3. The summed E-state index contributed by atoms with van der Waals surface area (Å²) < 4.78 is 6.85. The van der Waals surface area contributed by atoms with Crippen molar-refractivity contribution in [3.05, 3.63) is 70.5 Å². The fraction of sp³-hybridized carbons (Fsp3) is 0.357. The second kappa shape index (κ2) is 9.03. The molecule has 37 heavy (non-hydrogen) atoms. The van der Waals surface area contributed by atoms with E-state index in [1.807, 2.05) is 35.2 Å². The average molecular weight is 519 g/mol. The molecular weight excluding hydrogens is 492 g/mol. The van der Waals surface area contributed by atoms with E-state index in [2.05, 4.69) is 5.10 Å². The van der Waals surface area contributed by atoms with E-state index in [1.165, 1.54) is 4.68 Å². The number of hydrogen-bond acceptors (Lipinski definition) is 5. The van der Waals surface area contributed by atoms with Crippen molar-refractivity contribution in [2.75, 3.05) is 29.5 Å². The van der Waals surface area contributed by atoms with Gasteiger partial charge in [0.1, 0.15) is 5.69 Å². The molecule has 3 aromatic rings. The molecule has 2 amide bonds. The third kappa shape index (κ3) is 4.00. The summed E-state index contributed by atoms with van der Waals surface area (Å²) in [6, 6.07) is 14.7. The summed E-state index contributed by atoms with van der Waals surface area (Å²) in [4.78, 5) is 42.9. The van der Waals surface area contributed by atoms with Crippen LogP contribution in [0.5, 0.6) is 0 Å². The number of esters is 1. The van der Waals surface area contributed by atoms with Gasteiger partial charge in [0.05, 0.1) is 12.3 Å². The summed E-state index contributed by atoms with van der Waals surface area (Å²) in [5, 5.41) is 5.11. The molecule has 9 heteroatoms. The third-order valence-electron chi connectivity index (χ3n) is 7.50. The van der Waals surface area contributed by atoms with Crippen LogP contribution in [0, 0.1) is 0 Å². The number of hydrogen-bond donors (Lipinski definition) is 0. The van der Waals surface area contributed by atoms with Gasteiger partial charge in [-0.05, 0) is 75.1 Å². The average Bonchev–Trinajstić information content (AvgIpc) is 3.54. The molecule has 1 saturated carbocycles. The van der Waals surface area contributed by atoms with E-state index < -0.39 is 5.97 Å². The molecule has 3 heterocycles. The first-order chi connectivity index (χ1) is 17.9. The Kier molecular flexibility index (Phi) is 5.79. The van der Waals surface area contributed by atoms with Crippen LogP contribution in [0.2, 0.25) is 5.02 Å². The lowest BCUT2D eigenvalue weighted by Gasteiger charge is -2.34. The molecule has 8 nitrogen and oxygen atoms in total. The van der Waals surface area contributed by atoms with Crippen molar-refractivity contribution in [2.45, 2.75) is 44.4 Å². The monoisotopic (exact) mass is 518 g/mol. The normalized spacial score (nSPS) is 18.2. The van der Waals surface area contributed by atoms with E-state index in [9.17, 15) is 14.4 Å². The van der Waals surface area contributed by atoms with Crippen LogP contribution in [-0.2, 0) is 14.9 Å². The number of aromatic nitrogens is 2. The number of carbonyl (C=O) groups excluding carboxylic acids is 3. The molecule has 0 N–H and O–H groups in total. The Labute approximate surface area is 219 Å². The van der Waals surface area contributed by atoms with Gasteiger partial charge >= 0.3 is 5.97 Å². The van der Waals surface area contributed by atoms with Gasteiger partial charge < -0.3 is 14.5 Å². The highest BCUT2D eigenvalue weighted by Crippen LogP contribution is 2.54. The Morgan fingerprint density at radius 2 is 1.76 bits per heavy atom. The van der Waals surface area contributed by atoms with E-state index in [4.69, 9.17) is 16.3 Å². The summed E-state index contributed by atoms with van der Waals surface area (Å²) in [6.07, 6.45) is 4.16. The summed E-state index contributed by atoms with van der Waals surface area (Å²) in [5.74, 6) is -0.633. The van der Waals surface area contributed by atoms with E-state index in [0.717, 1.165) is 37.1 Å². The maximum atomic E-state index is 14.1. The van der Waals surface area contributed by atoms with E-state index >= 15 is 0 Å². The van der Waals surface area contributed by atoms with E-state index in [1.54, 1.807) is 30.0 Å². The van der Waals surface area contributed by atoms with E-state index in [0.29, 0.717) is 41.5 Å². The Hall–Kier alpha value is -3.65.